The van der Waals surface area contributed by atoms with E-state index in [0.29, 0.717) is 17.6 Å². The second kappa shape index (κ2) is 6.27. The zero-order valence-corrected chi connectivity index (χ0v) is 13.0. The summed E-state index contributed by atoms with van der Waals surface area (Å²) in [6.07, 6.45) is 7.90. The summed E-state index contributed by atoms with van der Waals surface area (Å²) in [5, 5.41) is 9.10. The van der Waals surface area contributed by atoms with Gasteiger partial charge < -0.3 is 9.84 Å². The van der Waals surface area contributed by atoms with Crippen LogP contribution in [0.4, 0.5) is 4.39 Å². The fraction of sp³-hybridized carbons (Fsp3) is 0.611. The van der Waals surface area contributed by atoms with Gasteiger partial charge in [0, 0.05) is 6.07 Å². The molecule has 1 unspecified atom stereocenters. The SMILES string of the molecule is CCC(Oc1cc(F)c(C(=O)O)cc1C1CC1)C1CCCC1. The van der Waals surface area contributed by atoms with Gasteiger partial charge in [0.15, 0.2) is 0 Å². The summed E-state index contributed by atoms with van der Waals surface area (Å²) >= 11 is 0. The van der Waals surface area contributed by atoms with Crippen molar-refractivity contribution in [3.05, 3.63) is 29.1 Å². The average Bonchev–Trinajstić information content (AvgIpc) is 3.19. The van der Waals surface area contributed by atoms with E-state index in [9.17, 15) is 9.18 Å². The summed E-state index contributed by atoms with van der Waals surface area (Å²) in [6, 6.07) is 2.76. The molecular formula is C18H23FO3. The average molecular weight is 306 g/mol. The van der Waals surface area contributed by atoms with E-state index < -0.39 is 11.8 Å². The van der Waals surface area contributed by atoms with Gasteiger partial charge in [-0.1, -0.05) is 19.8 Å². The van der Waals surface area contributed by atoms with Crippen LogP contribution in [0.5, 0.6) is 5.75 Å². The molecule has 120 valence electrons. The number of benzene rings is 1. The predicted octanol–water partition coefficient (Wildman–Crippen LogP) is 4.75. The van der Waals surface area contributed by atoms with Crippen LogP contribution in [0.1, 0.15) is 73.7 Å². The van der Waals surface area contributed by atoms with E-state index >= 15 is 0 Å². The van der Waals surface area contributed by atoms with Gasteiger partial charge in [0.2, 0.25) is 0 Å². The number of halogens is 1. The number of carboxylic acid groups (broad SMARTS) is 1. The Bertz CT molecular complexity index is 560. The second-order valence-corrected chi connectivity index (χ2v) is 6.56. The fourth-order valence-electron chi connectivity index (χ4n) is 3.56. The van der Waals surface area contributed by atoms with Crippen molar-refractivity contribution in [3.8, 4) is 5.75 Å². The highest BCUT2D eigenvalue weighted by Crippen LogP contribution is 2.46. The maximum absolute atomic E-state index is 14.0. The van der Waals surface area contributed by atoms with E-state index in [1.165, 1.54) is 37.8 Å². The van der Waals surface area contributed by atoms with Gasteiger partial charge >= 0.3 is 5.97 Å². The highest BCUT2D eigenvalue weighted by Gasteiger charge is 2.32. The second-order valence-electron chi connectivity index (χ2n) is 6.56. The van der Waals surface area contributed by atoms with Crippen LogP contribution in [0, 0.1) is 11.7 Å². The van der Waals surface area contributed by atoms with Crippen LogP contribution in [0.15, 0.2) is 12.1 Å². The van der Waals surface area contributed by atoms with Crippen molar-refractivity contribution in [1.82, 2.24) is 0 Å². The molecule has 1 N–H and O–H groups in total. The van der Waals surface area contributed by atoms with E-state index in [-0.39, 0.29) is 11.7 Å². The van der Waals surface area contributed by atoms with Crippen LogP contribution in [0.3, 0.4) is 0 Å². The number of hydrogen-bond acceptors (Lipinski definition) is 2. The van der Waals surface area contributed by atoms with E-state index in [1.54, 1.807) is 0 Å². The molecule has 3 nitrogen and oxygen atoms in total. The summed E-state index contributed by atoms with van der Waals surface area (Å²) in [5.74, 6) is -0.486. The van der Waals surface area contributed by atoms with Crippen LogP contribution < -0.4 is 4.74 Å². The molecule has 0 aliphatic heterocycles. The molecule has 2 saturated carbocycles. The number of carboxylic acids is 1. The van der Waals surface area contributed by atoms with Gasteiger partial charge in [0.1, 0.15) is 17.7 Å². The van der Waals surface area contributed by atoms with Gasteiger partial charge in [-0.25, -0.2) is 9.18 Å². The van der Waals surface area contributed by atoms with Crippen molar-refractivity contribution in [2.75, 3.05) is 0 Å². The van der Waals surface area contributed by atoms with Crippen LogP contribution in [0.2, 0.25) is 0 Å². The molecule has 0 bridgehead atoms. The Hall–Kier alpha value is -1.58. The molecule has 22 heavy (non-hydrogen) atoms. The Morgan fingerprint density at radius 3 is 2.55 bits per heavy atom. The smallest absolute Gasteiger partial charge is 0.338 e. The molecule has 0 amide bonds. The Morgan fingerprint density at radius 1 is 1.32 bits per heavy atom. The summed E-state index contributed by atoms with van der Waals surface area (Å²) in [5.41, 5.74) is 0.624. The highest BCUT2D eigenvalue weighted by molar-refractivity contribution is 5.88. The molecule has 0 spiro atoms. The molecule has 2 aliphatic rings. The minimum absolute atomic E-state index is 0.107. The quantitative estimate of drug-likeness (QED) is 0.825. The van der Waals surface area contributed by atoms with Crippen molar-refractivity contribution < 1.29 is 19.0 Å². The standard InChI is InChI=1S/C18H23FO3/c1-2-16(12-5-3-4-6-12)22-17-10-15(19)14(18(20)21)9-13(17)11-7-8-11/h9-12,16H,2-8H2,1H3,(H,20,21). The molecule has 1 atom stereocenters. The summed E-state index contributed by atoms with van der Waals surface area (Å²) < 4.78 is 20.2. The number of aromatic carboxylic acids is 1. The first-order valence-corrected chi connectivity index (χ1v) is 8.33. The summed E-state index contributed by atoms with van der Waals surface area (Å²) in [6.45, 7) is 2.10. The lowest BCUT2D eigenvalue weighted by Gasteiger charge is -2.25. The molecule has 1 aromatic rings. The zero-order valence-electron chi connectivity index (χ0n) is 13.0. The first kappa shape index (κ1) is 15.3. The molecule has 0 aromatic heterocycles. The van der Waals surface area contributed by atoms with Crippen LogP contribution in [-0.4, -0.2) is 17.2 Å². The Morgan fingerprint density at radius 2 is 2.00 bits per heavy atom. The lowest BCUT2D eigenvalue weighted by molar-refractivity contribution is 0.0691. The van der Waals surface area contributed by atoms with Gasteiger partial charge in [0.25, 0.3) is 0 Å². The molecule has 4 heteroatoms. The maximum Gasteiger partial charge on any atom is 0.338 e. The molecule has 0 heterocycles. The van der Waals surface area contributed by atoms with Gasteiger partial charge in [-0.3, -0.25) is 0 Å². The van der Waals surface area contributed by atoms with E-state index in [0.717, 1.165) is 24.8 Å². The predicted molar refractivity (Wildman–Crippen MR) is 82.0 cm³/mol. The maximum atomic E-state index is 14.0. The van der Waals surface area contributed by atoms with Crippen molar-refractivity contribution in [3.63, 3.8) is 0 Å². The number of carbonyl (C=O) groups is 1. The fourth-order valence-corrected chi connectivity index (χ4v) is 3.56. The van der Waals surface area contributed by atoms with Crippen LogP contribution in [0.25, 0.3) is 0 Å². The Kier molecular flexibility index (Phi) is 4.37. The van der Waals surface area contributed by atoms with Crippen LogP contribution >= 0.6 is 0 Å². The van der Waals surface area contributed by atoms with Crippen molar-refractivity contribution in [1.29, 1.82) is 0 Å². The number of rotatable bonds is 6. The minimum Gasteiger partial charge on any atom is -0.490 e. The third kappa shape index (κ3) is 3.11. The third-order valence-corrected chi connectivity index (χ3v) is 4.95. The van der Waals surface area contributed by atoms with E-state index in [1.807, 2.05) is 0 Å². The minimum atomic E-state index is -1.21. The Labute approximate surface area is 130 Å². The van der Waals surface area contributed by atoms with Crippen LogP contribution in [-0.2, 0) is 0 Å². The lowest BCUT2D eigenvalue weighted by atomic mass is 9.98. The van der Waals surface area contributed by atoms with Crippen molar-refractivity contribution in [2.24, 2.45) is 5.92 Å². The molecule has 0 radical (unpaired) electrons. The monoisotopic (exact) mass is 306 g/mol. The molecular weight excluding hydrogens is 283 g/mol. The molecule has 0 saturated heterocycles. The van der Waals surface area contributed by atoms with E-state index in [2.05, 4.69) is 6.92 Å². The largest absolute Gasteiger partial charge is 0.490 e. The third-order valence-electron chi connectivity index (χ3n) is 4.95. The van der Waals surface area contributed by atoms with Crippen molar-refractivity contribution >= 4 is 5.97 Å². The lowest BCUT2D eigenvalue weighted by Crippen LogP contribution is -2.25. The number of ether oxygens (including phenoxy) is 1. The van der Waals surface area contributed by atoms with Gasteiger partial charge in [-0.15, -0.1) is 0 Å². The molecule has 3 rings (SSSR count). The topological polar surface area (TPSA) is 46.5 Å². The zero-order chi connectivity index (χ0) is 15.7. The molecule has 1 aromatic carbocycles. The van der Waals surface area contributed by atoms with Gasteiger partial charge in [-0.2, -0.15) is 0 Å². The molecule has 2 fully saturated rings. The van der Waals surface area contributed by atoms with Gasteiger partial charge in [0.05, 0.1) is 5.56 Å². The Balaban J connectivity index is 1.88. The highest BCUT2D eigenvalue weighted by atomic mass is 19.1. The van der Waals surface area contributed by atoms with Gasteiger partial charge in [-0.05, 0) is 55.6 Å². The molecule has 2 aliphatic carbocycles. The van der Waals surface area contributed by atoms with Crippen molar-refractivity contribution in [2.45, 2.75) is 63.9 Å². The number of hydrogen-bond donors (Lipinski definition) is 1. The van der Waals surface area contributed by atoms with E-state index in [4.69, 9.17) is 9.84 Å². The first-order valence-electron chi connectivity index (χ1n) is 8.33. The first-order chi connectivity index (χ1) is 10.6. The normalized spacial score (nSPS) is 20.1. The summed E-state index contributed by atoms with van der Waals surface area (Å²) in [7, 11) is 0. The summed E-state index contributed by atoms with van der Waals surface area (Å²) in [4.78, 5) is 11.1.